The fourth-order valence-corrected chi connectivity index (χ4v) is 3.32. The third-order valence-corrected chi connectivity index (χ3v) is 4.87. The molecule has 27 heavy (non-hydrogen) atoms. The van der Waals surface area contributed by atoms with Gasteiger partial charge in [0.15, 0.2) is 0 Å². The van der Waals surface area contributed by atoms with Gasteiger partial charge >= 0.3 is 6.03 Å². The van der Waals surface area contributed by atoms with Crippen LogP contribution in [0.5, 0.6) is 0 Å². The van der Waals surface area contributed by atoms with E-state index in [0.29, 0.717) is 30.6 Å². The van der Waals surface area contributed by atoms with E-state index in [1.165, 1.54) is 4.90 Å². The predicted molar refractivity (Wildman–Crippen MR) is 105 cm³/mol. The number of hydrogen-bond acceptors (Lipinski definition) is 3. The summed E-state index contributed by atoms with van der Waals surface area (Å²) >= 11 is 3.31. The third-order valence-electron chi connectivity index (χ3n) is 4.38. The second-order valence-electron chi connectivity index (χ2n) is 6.38. The van der Waals surface area contributed by atoms with Crippen molar-refractivity contribution in [2.45, 2.75) is 13.0 Å². The summed E-state index contributed by atoms with van der Waals surface area (Å²) in [4.78, 5) is 39.7. The van der Waals surface area contributed by atoms with Crippen molar-refractivity contribution >= 4 is 33.8 Å². The minimum atomic E-state index is -0.288. The monoisotopic (exact) mass is 429 g/mol. The Hall–Kier alpha value is -2.67. The summed E-state index contributed by atoms with van der Waals surface area (Å²) in [6, 6.07) is 14.6. The second-order valence-corrected chi connectivity index (χ2v) is 7.29. The zero-order valence-electron chi connectivity index (χ0n) is 14.9. The highest BCUT2D eigenvalue weighted by molar-refractivity contribution is 9.10. The Labute approximate surface area is 166 Å². The largest absolute Gasteiger partial charge is 0.338 e. The smallest absolute Gasteiger partial charge is 0.317 e. The van der Waals surface area contributed by atoms with E-state index in [1.807, 2.05) is 30.3 Å². The second kappa shape index (κ2) is 8.35. The van der Waals surface area contributed by atoms with Gasteiger partial charge in [-0.1, -0.05) is 46.3 Å². The number of amides is 4. The van der Waals surface area contributed by atoms with Crippen LogP contribution in [0.4, 0.5) is 4.79 Å². The van der Waals surface area contributed by atoms with Crippen LogP contribution in [0.25, 0.3) is 0 Å². The molecule has 1 aliphatic heterocycles. The van der Waals surface area contributed by atoms with E-state index in [4.69, 9.17) is 0 Å². The number of urea groups is 1. The van der Waals surface area contributed by atoms with Crippen molar-refractivity contribution in [3.05, 3.63) is 69.7 Å². The number of rotatable bonds is 6. The summed E-state index contributed by atoms with van der Waals surface area (Å²) in [5, 5.41) is 2.82. The molecule has 1 N–H and O–H groups in total. The van der Waals surface area contributed by atoms with Crippen LogP contribution >= 0.6 is 15.9 Å². The highest BCUT2D eigenvalue weighted by atomic mass is 79.9. The molecule has 2 aromatic carbocycles. The lowest BCUT2D eigenvalue weighted by molar-refractivity contribution is 0.0653. The van der Waals surface area contributed by atoms with Gasteiger partial charge in [0.1, 0.15) is 0 Å². The average molecular weight is 430 g/mol. The molecule has 0 spiro atoms. The van der Waals surface area contributed by atoms with Crippen molar-refractivity contribution in [2.24, 2.45) is 0 Å². The first-order valence-electron chi connectivity index (χ1n) is 8.66. The van der Waals surface area contributed by atoms with Crippen LogP contribution in [0.2, 0.25) is 0 Å². The molecule has 1 heterocycles. The molecule has 6 nitrogen and oxygen atoms in total. The van der Waals surface area contributed by atoms with Gasteiger partial charge in [-0.15, -0.1) is 0 Å². The minimum absolute atomic E-state index is 0.190. The van der Waals surface area contributed by atoms with Crippen LogP contribution in [0, 0.1) is 0 Å². The SMILES string of the molecule is CN(Cc1ccccc1)C(=O)NCCCN1C(=O)c2ccc(Br)cc2C1=O. The van der Waals surface area contributed by atoms with Crippen LogP contribution < -0.4 is 5.32 Å². The lowest BCUT2D eigenvalue weighted by Gasteiger charge is -2.19. The number of benzene rings is 2. The highest BCUT2D eigenvalue weighted by Gasteiger charge is 2.34. The number of nitrogens with one attached hydrogen (secondary N) is 1. The van der Waals surface area contributed by atoms with Gasteiger partial charge in [0, 0.05) is 31.2 Å². The quantitative estimate of drug-likeness (QED) is 0.565. The molecule has 0 saturated heterocycles. The third kappa shape index (κ3) is 4.36. The number of halogens is 1. The molecular weight excluding hydrogens is 410 g/mol. The van der Waals surface area contributed by atoms with E-state index in [2.05, 4.69) is 21.2 Å². The molecular formula is C20H20BrN3O3. The van der Waals surface area contributed by atoms with Gasteiger partial charge in [-0.2, -0.15) is 0 Å². The first kappa shape index (κ1) is 19.1. The van der Waals surface area contributed by atoms with E-state index in [-0.39, 0.29) is 24.4 Å². The zero-order valence-corrected chi connectivity index (χ0v) is 16.5. The number of fused-ring (bicyclic) bond motifs is 1. The Morgan fingerprint density at radius 1 is 1.07 bits per heavy atom. The molecule has 7 heteroatoms. The molecule has 140 valence electrons. The van der Waals surface area contributed by atoms with Gasteiger partial charge in [-0.25, -0.2) is 4.79 Å². The number of hydrogen-bond donors (Lipinski definition) is 1. The topological polar surface area (TPSA) is 69.7 Å². The van der Waals surface area contributed by atoms with Gasteiger partial charge in [-0.05, 0) is 30.2 Å². The molecule has 1 aliphatic rings. The van der Waals surface area contributed by atoms with E-state index < -0.39 is 0 Å². The summed E-state index contributed by atoms with van der Waals surface area (Å²) in [6.07, 6.45) is 0.498. The molecule has 4 amide bonds. The molecule has 0 saturated carbocycles. The average Bonchev–Trinajstić information content (AvgIpc) is 2.89. The van der Waals surface area contributed by atoms with Crippen LogP contribution in [-0.2, 0) is 6.54 Å². The van der Waals surface area contributed by atoms with E-state index >= 15 is 0 Å². The Kier molecular flexibility index (Phi) is 5.91. The minimum Gasteiger partial charge on any atom is -0.338 e. The fraction of sp³-hybridized carbons (Fsp3) is 0.250. The van der Waals surface area contributed by atoms with E-state index in [0.717, 1.165) is 10.0 Å². The van der Waals surface area contributed by atoms with Gasteiger partial charge < -0.3 is 10.2 Å². The van der Waals surface area contributed by atoms with Crippen LogP contribution in [0.3, 0.4) is 0 Å². The molecule has 0 atom stereocenters. The van der Waals surface area contributed by atoms with Crippen LogP contribution in [0.1, 0.15) is 32.7 Å². The predicted octanol–water partition coefficient (Wildman–Crippen LogP) is 3.28. The lowest BCUT2D eigenvalue weighted by Crippen LogP contribution is -2.39. The maximum Gasteiger partial charge on any atom is 0.317 e. The number of nitrogens with zero attached hydrogens (tertiary/aromatic N) is 2. The van der Waals surface area contributed by atoms with E-state index in [9.17, 15) is 14.4 Å². The van der Waals surface area contributed by atoms with Crippen molar-refractivity contribution < 1.29 is 14.4 Å². The van der Waals surface area contributed by atoms with Crippen molar-refractivity contribution in [3.8, 4) is 0 Å². The Morgan fingerprint density at radius 3 is 2.52 bits per heavy atom. The fourth-order valence-electron chi connectivity index (χ4n) is 2.96. The molecule has 0 fully saturated rings. The van der Waals surface area contributed by atoms with Crippen molar-refractivity contribution in [2.75, 3.05) is 20.1 Å². The maximum absolute atomic E-state index is 12.4. The number of carbonyl (C=O) groups excluding carboxylic acids is 3. The lowest BCUT2D eigenvalue weighted by atomic mass is 10.1. The number of carbonyl (C=O) groups is 3. The molecule has 0 aliphatic carbocycles. The van der Waals surface area contributed by atoms with E-state index in [1.54, 1.807) is 30.1 Å². The van der Waals surface area contributed by atoms with Crippen LogP contribution in [-0.4, -0.2) is 47.8 Å². The number of imide groups is 1. The first-order valence-corrected chi connectivity index (χ1v) is 9.45. The standard InChI is InChI=1S/C20H20BrN3O3/c1-23(13-14-6-3-2-4-7-14)20(27)22-10-5-11-24-18(25)16-9-8-15(21)12-17(16)19(24)26/h2-4,6-9,12H,5,10-11,13H2,1H3,(H,22,27). The molecule has 0 aromatic heterocycles. The van der Waals surface area contributed by atoms with Gasteiger partial charge in [0.05, 0.1) is 11.1 Å². The van der Waals surface area contributed by atoms with Crippen molar-refractivity contribution in [3.63, 3.8) is 0 Å². The van der Waals surface area contributed by atoms with Gasteiger partial charge in [0.2, 0.25) is 0 Å². The van der Waals surface area contributed by atoms with Crippen molar-refractivity contribution in [1.82, 2.24) is 15.1 Å². The maximum atomic E-state index is 12.4. The molecule has 3 rings (SSSR count). The highest BCUT2D eigenvalue weighted by Crippen LogP contribution is 2.25. The summed E-state index contributed by atoms with van der Waals surface area (Å²) in [7, 11) is 1.73. The summed E-state index contributed by atoms with van der Waals surface area (Å²) in [5.74, 6) is -0.571. The van der Waals surface area contributed by atoms with Gasteiger partial charge in [-0.3, -0.25) is 14.5 Å². The zero-order chi connectivity index (χ0) is 19.4. The Morgan fingerprint density at radius 2 is 1.78 bits per heavy atom. The Bertz CT molecular complexity index is 870. The first-order chi connectivity index (χ1) is 13.0. The molecule has 0 unspecified atom stereocenters. The molecule has 2 aromatic rings. The Balaban J connectivity index is 1.46. The van der Waals surface area contributed by atoms with Gasteiger partial charge in [0.25, 0.3) is 11.8 Å². The van der Waals surface area contributed by atoms with Crippen molar-refractivity contribution in [1.29, 1.82) is 0 Å². The van der Waals surface area contributed by atoms with Crippen LogP contribution in [0.15, 0.2) is 53.0 Å². The summed E-state index contributed by atoms with van der Waals surface area (Å²) in [5.41, 5.74) is 1.89. The molecule has 0 radical (unpaired) electrons. The normalized spacial score (nSPS) is 12.9. The molecule has 0 bridgehead atoms. The summed E-state index contributed by atoms with van der Waals surface area (Å²) in [6.45, 7) is 1.17. The summed E-state index contributed by atoms with van der Waals surface area (Å²) < 4.78 is 0.762.